The average Bonchev–Trinajstić information content (AvgIpc) is 2.36. The second-order valence-corrected chi connectivity index (χ2v) is 5.00. The Balaban J connectivity index is 1.96. The van der Waals surface area contributed by atoms with Gasteiger partial charge in [0.1, 0.15) is 0 Å². The average molecular weight is 234 g/mol. The van der Waals surface area contributed by atoms with Gasteiger partial charge in [0.25, 0.3) is 0 Å². The zero-order valence-electron chi connectivity index (χ0n) is 10.8. The Morgan fingerprint density at radius 1 is 1.29 bits per heavy atom. The molecule has 1 aromatic heterocycles. The van der Waals surface area contributed by atoms with Crippen LogP contribution >= 0.6 is 0 Å². The number of nitrogens with zero attached hydrogens (tertiary/aromatic N) is 1. The number of rotatable bonds is 3. The van der Waals surface area contributed by atoms with Crippen molar-refractivity contribution in [2.45, 2.75) is 58.7 Å². The molecule has 0 aliphatic heterocycles. The number of anilines is 1. The minimum absolute atomic E-state index is 0.424. The molecule has 0 radical (unpaired) electrons. The van der Waals surface area contributed by atoms with Crippen LogP contribution in [0.5, 0.6) is 0 Å². The van der Waals surface area contributed by atoms with Crippen molar-refractivity contribution in [3.8, 4) is 0 Å². The number of nitrogens with two attached hydrogens (primary N) is 1. The van der Waals surface area contributed by atoms with Gasteiger partial charge in [-0.05, 0) is 37.8 Å². The van der Waals surface area contributed by atoms with E-state index in [1.165, 1.54) is 32.1 Å². The maximum absolute atomic E-state index is 6.00. The van der Waals surface area contributed by atoms with Gasteiger partial charge in [-0.2, -0.15) is 0 Å². The molecule has 1 aliphatic rings. The van der Waals surface area contributed by atoms with E-state index in [1.54, 1.807) is 0 Å². The highest BCUT2D eigenvalue weighted by molar-refractivity contribution is 5.53. The number of hydrogen-bond donors (Lipinski definition) is 1. The molecule has 1 heterocycles. The maximum atomic E-state index is 6.00. The molecule has 3 nitrogen and oxygen atoms in total. The fourth-order valence-electron chi connectivity index (χ4n) is 2.37. The van der Waals surface area contributed by atoms with Gasteiger partial charge >= 0.3 is 0 Å². The van der Waals surface area contributed by atoms with Crippen LogP contribution in [0.1, 0.15) is 48.9 Å². The number of aromatic nitrogens is 1. The Morgan fingerprint density at radius 2 is 2.00 bits per heavy atom. The molecule has 0 spiro atoms. The molecule has 0 unspecified atom stereocenters. The summed E-state index contributed by atoms with van der Waals surface area (Å²) in [6, 6.07) is 0. The van der Waals surface area contributed by atoms with Crippen molar-refractivity contribution in [2.24, 2.45) is 0 Å². The Hall–Kier alpha value is -1.09. The topological polar surface area (TPSA) is 48.1 Å². The van der Waals surface area contributed by atoms with Crippen LogP contribution in [0.25, 0.3) is 0 Å². The minimum atomic E-state index is 0.424. The fourth-order valence-corrected chi connectivity index (χ4v) is 2.37. The zero-order valence-corrected chi connectivity index (χ0v) is 10.8. The predicted molar refractivity (Wildman–Crippen MR) is 69.8 cm³/mol. The number of ether oxygens (including phenoxy) is 1. The second kappa shape index (κ2) is 5.50. The van der Waals surface area contributed by atoms with E-state index < -0.39 is 0 Å². The molecule has 3 heteroatoms. The van der Waals surface area contributed by atoms with Crippen molar-refractivity contribution in [1.29, 1.82) is 0 Å². The molecule has 1 fully saturated rings. The molecule has 0 atom stereocenters. The van der Waals surface area contributed by atoms with Crippen LogP contribution in [0, 0.1) is 13.8 Å². The van der Waals surface area contributed by atoms with E-state index in [0.29, 0.717) is 12.7 Å². The molecule has 2 rings (SSSR count). The van der Waals surface area contributed by atoms with E-state index in [4.69, 9.17) is 10.5 Å². The van der Waals surface area contributed by atoms with E-state index >= 15 is 0 Å². The summed E-state index contributed by atoms with van der Waals surface area (Å²) in [6.45, 7) is 4.61. The van der Waals surface area contributed by atoms with Gasteiger partial charge in [-0.1, -0.05) is 19.3 Å². The molecular weight excluding hydrogens is 212 g/mol. The highest BCUT2D eigenvalue weighted by Crippen LogP contribution is 2.23. The SMILES string of the molecule is Cc1cnc(COC2CCCCC2)c(C)c1N. The molecule has 0 amide bonds. The molecule has 17 heavy (non-hydrogen) atoms. The Kier molecular flexibility index (Phi) is 4.00. The van der Waals surface area contributed by atoms with Gasteiger partial charge in [-0.15, -0.1) is 0 Å². The van der Waals surface area contributed by atoms with Crippen molar-refractivity contribution in [3.05, 3.63) is 23.0 Å². The van der Waals surface area contributed by atoms with Crippen LogP contribution in [-0.4, -0.2) is 11.1 Å². The van der Waals surface area contributed by atoms with Gasteiger partial charge in [0.05, 0.1) is 18.4 Å². The lowest BCUT2D eigenvalue weighted by Crippen LogP contribution is -2.17. The normalized spacial score (nSPS) is 17.3. The first-order chi connectivity index (χ1) is 8.18. The summed E-state index contributed by atoms with van der Waals surface area (Å²) in [5.41, 5.74) is 9.95. The Labute approximate surface area is 103 Å². The first-order valence-corrected chi connectivity index (χ1v) is 6.50. The molecule has 0 bridgehead atoms. The molecular formula is C14H22N2O. The molecule has 2 N–H and O–H groups in total. The van der Waals surface area contributed by atoms with Gasteiger partial charge < -0.3 is 10.5 Å². The van der Waals surface area contributed by atoms with Crippen molar-refractivity contribution in [2.75, 3.05) is 5.73 Å². The third kappa shape index (κ3) is 2.97. The van der Waals surface area contributed by atoms with E-state index in [2.05, 4.69) is 4.98 Å². The monoisotopic (exact) mass is 234 g/mol. The Bertz CT molecular complexity index is 384. The lowest BCUT2D eigenvalue weighted by atomic mass is 9.98. The smallest absolute Gasteiger partial charge is 0.0895 e. The number of hydrogen-bond acceptors (Lipinski definition) is 3. The van der Waals surface area contributed by atoms with Crippen molar-refractivity contribution in [3.63, 3.8) is 0 Å². The van der Waals surface area contributed by atoms with E-state index in [9.17, 15) is 0 Å². The summed E-state index contributed by atoms with van der Waals surface area (Å²) in [5, 5.41) is 0. The van der Waals surface area contributed by atoms with Gasteiger partial charge in [-0.3, -0.25) is 4.98 Å². The predicted octanol–water partition coefficient (Wildman–Crippen LogP) is 3.13. The maximum Gasteiger partial charge on any atom is 0.0895 e. The third-order valence-electron chi connectivity index (χ3n) is 3.68. The Morgan fingerprint density at radius 3 is 2.71 bits per heavy atom. The van der Waals surface area contributed by atoms with Gasteiger partial charge in [0, 0.05) is 11.9 Å². The van der Waals surface area contributed by atoms with E-state index in [1.807, 2.05) is 20.0 Å². The van der Waals surface area contributed by atoms with Crippen LogP contribution in [-0.2, 0) is 11.3 Å². The van der Waals surface area contributed by atoms with E-state index in [-0.39, 0.29) is 0 Å². The van der Waals surface area contributed by atoms with Gasteiger partial charge in [0.2, 0.25) is 0 Å². The molecule has 1 aliphatic carbocycles. The molecule has 0 saturated heterocycles. The van der Waals surface area contributed by atoms with Crippen molar-refractivity contribution in [1.82, 2.24) is 4.98 Å². The summed E-state index contributed by atoms with van der Waals surface area (Å²) in [6.07, 6.45) is 8.60. The largest absolute Gasteiger partial charge is 0.398 e. The minimum Gasteiger partial charge on any atom is -0.398 e. The zero-order chi connectivity index (χ0) is 12.3. The van der Waals surface area contributed by atoms with Crippen LogP contribution < -0.4 is 5.73 Å². The summed E-state index contributed by atoms with van der Waals surface area (Å²) in [7, 11) is 0. The lowest BCUT2D eigenvalue weighted by Gasteiger charge is -2.22. The van der Waals surface area contributed by atoms with Crippen LogP contribution in [0.3, 0.4) is 0 Å². The molecule has 0 aromatic carbocycles. The van der Waals surface area contributed by atoms with Crippen LogP contribution in [0.2, 0.25) is 0 Å². The second-order valence-electron chi connectivity index (χ2n) is 5.00. The highest BCUT2D eigenvalue weighted by Gasteiger charge is 2.15. The summed E-state index contributed by atoms with van der Waals surface area (Å²) >= 11 is 0. The molecule has 1 saturated carbocycles. The van der Waals surface area contributed by atoms with Gasteiger partial charge in [-0.25, -0.2) is 0 Å². The van der Waals surface area contributed by atoms with Crippen molar-refractivity contribution >= 4 is 5.69 Å². The fraction of sp³-hybridized carbons (Fsp3) is 0.643. The number of aryl methyl sites for hydroxylation is 1. The van der Waals surface area contributed by atoms with Crippen LogP contribution in [0.15, 0.2) is 6.20 Å². The standard InChI is InChI=1S/C14H22N2O/c1-10-8-16-13(11(2)14(10)15)9-17-12-6-4-3-5-7-12/h8,12H,3-7,9H2,1-2H3,(H2,15,16). The quantitative estimate of drug-likeness (QED) is 0.874. The third-order valence-corrected chi connectivity index (χ3v) is 3.68. The highest BCUT2D eigenvalue weighted by atomic mass is 16.5. The van der Waals surface area contributed by atoms with Gasteiger partial charge in [0.15, 0.2) is 0 Å². The number of nitrogen functional groups attached to an aromatic ring is 1. The van der Waals surface area contributed by atoms with E-state index in [0.717, 1.165) is 22.5 Å². The summed E-state index contributed by atoms with van der Waals surface area (Å²) in [5.74, 6) is 0. The molecule has 1 aromatic rings. The first-order valence-electron chi connectivity index (χ1n) is 6.50. The summed E-state index contributed by atoms with van der Waals surface area (Å²) in [4.78, 5) is 4.42. The molecule has 94 valence electrons. The number of pyridine rings is 1. The first kappa shape index (κ1) is 12.4. The summed E-state index contributed by atoms with van der Waals surface area (Å²) < 4.78 is 5.93. The van der Waals surface area contributed by atoms with Crippen molar-refractivity contribution < 1.29 is 4.74 Å². The lowest BCUT2D eigenvalue weighted by molar-refractivity contribution is 0.0150. The van der Waals surface area contributed by atoms with Crippen LogP contribution in [0.4, 0.5) is 5.69 Å².